The molecule has 0 N–H and O–H groups in total. The van der Waals surface area contributed by atoms with E-state index in [0.29, 0.717) is 12.8 Å². The smallest absolute Gasteiger partial charge is 0.376 e. The molecule has 7 heteroatoms. The molecule has 0 saturated carbocycles. The Morgan fingerprint density at radius 3 is 2.44 bits per heavy atom. The zero-order valence-corrected chi connectivity index (χ0v) is 9.14. The molecule has 0 radical (unpaired) electrons. The van der Waals surface area contributed by atoms with Crippen LogP contribution in [-0.2, 0) is 14.3 Å². The maximum Gasteiger partial charge on any atom is 0.534 e. The number of rotatable bonds is 2. The van der Waals surface area contributed by atoms with Gasteiger partial charge in [-0.1, -0.05) is 6.08 Å². The van der Waals surface area contributed by atoms with E-state index in [0.717, 1.165) is 12.8 Å². The summed E-state index contributed by atoms with van der Waals surface area (Å²) in [6, 6.07) is 0. The van der Waals surface area contributed by atoms with Crippen LogP contribution < -0.4 is 0 Å². The predicted molar refractivity (Wildman–Crippen MR) is 51.8 cm³/mol. The fraction of sp³-hybridized carbons (Fsp3) is 0.556. The summed E-state index contributed by atoms with van der Waals surface area (Å²) < 4.78 is 61.4. The Kier molecular flexibility index (Phi) is 4.01. The lowest BCUT2D eigenvalue weighted by molar-refractivity contribution is -0.0519. The number of alkyl halides is 3. The average Bonchev–Trinajstić information content (AvgIpc) is 2.07. The van der Waals surface area contributed by atoms with Crippen molar-refractivity contribution in [3.8, 4) is 0 Å². The van der Waals surface area contributed by atoms with Gasteiger partial charge >= 0.3 is 15.6 Å². The van der Waals surface area contributed by atoms with Crippen LogP contribution in [0.5, 0.6) is 0 Å². The van der Waals surface area contributed by atoms with E-state index < -0.39 is 15.6 Å². The van der Waals surface area contributed by atoms with Gasteiger partial charge in [0.1, 0.15) is 5.76 Å². The minimum Gasteiger partial charge on any atom is -0.376 e. The van der Waals surface area contributed by atoms with Gasteiger partial charge in [-0.15, -0.1) is 0 Å². The third-order valence-corrected chi connectivity index (χ3v) is 2.92. The van der Waals surface area contributed by atoms with Crippen molar-refractivity contribution in [2.75, 3.05) is 0 Å². The van der Waals surface area contributed by atoms with Crippen LogP contribution in [0.4, 0.5) is 13.2 Å². The van der Waals surface area contributed by atoms with Crippen LogP contribution in [0.25, 0.3) is 0 Å². The summed E-state index contributed by atoms with van der Waals surface area (Å²) in [6.07, 6.45) is 7.12. The van der Waals surface area contributed by atoms with Crippen LogP contribution in [0.3, 0.4) is 0 Å². The van der Waals surface area contributed by atoms with Crippen molar-refractivity contribution in [2.24, 2.45) is 0 Å². The zero-order chi connectivity index (χ0) is 12.2. The molecule has 0 unspecified atom stereocenters. The van der Waals surface area contributed by atoms with Gasteiger partial charge < -0.3 is 4.18 Å². The van der Waals surface area contributed by atoms with Crippen molar-refractivity contribution in [2.45, 2.75) is 31.2 Å². The molecular weight excluding hydrogens is 245 g/mol. The van der Waals surface area contributed by atoms with Crippen LogP contribution >= 0.6 is 0 Å². The number of allylic oxidation sites excluding steroid dienone is 3. The summed E-state index contributed by atoms with van der Waals surface area (Å²) in [5.41, 5.74) is -5.38. The number of hydrogen-bond acceptors (Lipinski definition) is 3. The molecule has 0 aromatic heterocycles. The standard InChI is InChI=1S/C9H11F3O3S/c10-9(11,12)16(13,14)15-8-6-4-2-1-3-5-7-8/h4,6-7H,1-3,5H2/b6-4-,8-7+. The first-order valence-electron chi connectivity index (χ1n) is 4.70. The van der Waals surface area contributed by atoms with Gasteiger partial charge in [0.2, 0.25) is 0 Å². The summed E-state index contributed by atoms with van der Waals surface area (Å²) >= 11 is 0. The van der Waals surface area contributed by atoms with E-state index >= 15 is 0 Å². The molecule has 0 aliphatic heterocycles. The first kappa shape index (κ1) is 13.1. The van der Waals surface area contributed by atoms with E-state index in [9.17, 15) is 21.6 Å². The second-order valence-corrected chi connectivity index (χ2v) is 4.81. The van der Waals surface area contributed by atoms with Gasteiger partial charge in [0.05, 0.1) is 0 Å². The second kappa shape index (κ2) is 4.90. The molecule has 1 aliphatic rings. The van der Waals surface area contributed by atoms with Crippen LogP contribution in [-0.4, -0.2) is 13.9 Å². The van der Waals surface area contributed by atoms with Gasteiger partial charge in [0.15, 0.2) is 0 Å². The Labute approximate surface area is 91.7 Å². The molecule has 16 heavy (non-hydrogen) atoms. The minimum absolute atomic E-state index is 0.267. The Morgan fingerprint density at radius 2 is 1.81 bits per heavy atom. The van der Waals surface area contributed by atoms with E-state index in [-0.39, 0.29) is 5.76 Å². The fourth-order valence-corrected chi connectivity index (χ4v) is 1.63. The molecule has 0 aromatic rings. The first-order chi connectivity index (χ1) is 7.33. The van der Waals surface area contributed by atoms with Crippen molar-refractivity contribution < 1.29 is 25.8 Å². The maximum absolute atomic E-state index is 12.0. The Hall–Kier alpha value is -0.980. The molecule has 0 saturated heterocycles. The molecule has 1 aliphatic carbocycles. The highest BCUT2D eigenvalue weighted by Gasteiger charge is 2.48. The van der Waals surface area contributed by atoms with E-state index in [1.54, 1.807) is 6.08 Å². The summed E-state index contributed by atoms with van der Waals surface area (Å²) in [6.45, 7) is 0. The van der Waals surface area contributed by atoms with Gasteiger partial charge in [-0.25, -0.2) is 0 Å². The maximum atomic E-state index is 12.0. The van der Waals surface area contributed by atoms with Gasteiger partial charge in [-0.3, -0.25) is 0 Å². The molecule has 0 spiro atoms. The quantitative estimate of drug-likeness (QED) is 0.563. The van der Waals surface area contributed by atoms with Crippen LogP contribution in [0.1, 0.15) is 25.7 Å². The monoisotopic (exact) mass is 256 g/mol. The van der Waals surface area contributed by atoms with Crippen LogP contribution in [0, 0.1) is 0 Å². The Balaban J connectivity index is 2.80. The summed E-state index contributed by atoms with van der Waals surface area (Å²) in [7, 11) is -5.55. The Bertz CT molecular complexity index is 393. The van der Waals surface area contributed by atoms with E-state index in [4.69, 9.17) is 0 Å². The third-order valence-electron chi connectivity index (χ3n) is 1.94. The SMILES string of the molecule is O=S(=O)(OC1=C/CCCC/C=C\1)C(F)(F)F. The lowest BCUT2D eigenvalue weighted by Gasteiger charge is -2.11. The summed E-state index contributed by atoms with van der Waals surface area (Å²) in [5.74, 6) is -0.267. The van der Waals surface area contributed by atoms with Gasteiger partial charge in [-0.05, 0) is 37.8 Å². The van der Waals surface area contributed by atoms with Gasteiger partial charge in [0.25, 0.3) is 0 Å². The third kappa shape index (κ3) is 3.55. The summed E-state index contributed by atoms with van der Waals surface area (Å²) in [4.78, 5) is 0. The van der Waals surface area contributed by atoms with Gasteiger partial charge in [-0.2, -0.15) is 21.6 Å². The van der Waals surface area contributed by atoms with Crippen LogP contribution in [0.2, 0.25) is 0 Å². The van der Waals surface area contributed by atoms with Crippen molar-refractivity contribution in [1.82, 2.24) is 0 Å². The molecule has 1 rings (SSSR count). The zero-order valence-electron chi connectivity index (χ0n) is 8.33. The predicted octanol–water partition coefficient (Wildman–Crippen LogP) is 2.87. The lowest BCUT2D eigenvalue weighted by Crippen LogP contribution is -2.25. The molecule has 0 fully saturated rings. The van der Waals surface area contributed by atoms with Crippen molar-refractivity contribution >= 4 is 10.1 Å². The topological polar surface area (TPSA) is 43.4 Å². The highest BCUT2D eigenvalue weighted by atomic mass is 32.2. The molecule has 0 heterocycles. The highest BCUT2D eigenvalue weighted by Crippen LogP contribution is 2.27. The van der Waals surface area contributed by atoms with E-state index in [1.165, 1.54) is 12.2 Å². The fourth-order valence-electron chi connectivity index (χ4n) is 1.15. The van der Waals surface area contributed by atoms with Crippen molar-refractivity contribution in [1.29, 1.82) is 0 Å². The molecule has 0 atom stereocenters. The summed E-state index contributed by atoms with van der Waals surface area (Å²) in [5, 5.41) is 0. The molecule has 0 bridgehead atoms. The Morgan fingerprint density at radius 1 is 1.19 bits per heavy atom. The van der Waals surface area contributed by atoms with E-state index in [2.05, 4.69) is 4.18 Å². The molecule has 0 aromatic carbocycles. The largest absolute Gasteiger partial charge is 0.534 e. The highest BCUT2D eigenvalue weighted by molar-refractivity contribution is 7.87. The second-order valence-electron chi connectivity index (χ2n) is 3.28. The average molecular weight is 256 g/mol. The lowest BCUT2D eigenvalue weighted by atomic mass is 10.1. The normalized spacial score (nSPS) is 23.8. The molecule has 3 nitrogen and oxygen atoms in total. The first-order valence-corrected chi connectivity index (χ1v) is 6.11. The van der Waals surface area contributed by atoms with Gasteiger partial charge in [0, 0.05) is 0 Å². The van der Waals surface area contributed by atoms with E-state index in [1.807, 2.05) is 0 Å². The van der Waals surface area contributed by atoms with Crippen molar-refractivity contribution in [3.63, 3.8) is 0 Å². The number of hydrogen-bond donors (Lipinski definition) is 0. The van der Waals surface area contributed by atoms with Crippen molar-refractivity contribution in [3.05, 3.63) is 24.0 Å². The molecule has 0 amide bonds. The molecular formula is C9H11F3O3S. The minimum atomic E-state index is -5.55. The number of halogens is 3. The molecule has 92 valence electrons. The van der Waals surface area contributed by atoms with Crippen LogP contribution in [0.15, 0.2) is 24.0 Å².